The fourth-order valence-electron chi connectivity index (χ4n) is 2.97. The van der Waals surface area contributed by atoms with Crippen molar-refractivity contribution in [1.29, 1.82) is 0 Å². The first-order chi connectivity index (χ1) is 12.1. The van der Waals surface area contributed by atoms with Crippen molar-refractivity contribution in [1.82, 2.24) is 4.98 Å². The number of carbonyl (C=O) groups is 1. The Morgan fingerprint density at radius 2 is 2.04 bits per heavy atom. The number of nitrogens with zero attached hydrogens (tertiary/aromatic N) is 2. The van der Waals surface area contributed by atoms with Crippen molar-refractivity contribution in [3.63, 3.8) is 0 Å². The molecule has 3 rings (SSSR count). The summed E-state index contributed by atoms with van der Waals surface area (Å²) in [5, 5.41) is 0. The van der Waals surface area contributed by atoms with Crippen LogP contribution in [0, 0.1) is 0 Å². The van der Waals surface area contributed by atoms with Gasteiger partial charge in [-0.2, -0.15) is 0 Å². The van der Waals surface area contributed by atoms with Crippen LogP contribution in [0.15, 0.2) is 48.8 Å². The predicted molar refractivity (Wildman–Crippen MR) is 97.1 cm³/mol. The Hall–Kier alpha value is -2.40. The third-order valence-corrected chi connectivity index (χ3v) is 4.11. The summed E-state index contributed by atoms with van der Waals surface area (Å²) in [6.07, 6.45) is 5.47. The lowest BCUT2D eigenvalue weighted by atomic mass is 10.1. The molecule has 1 aliphatic rings. The maximum atomic E-state index is 13.3. The maximum Gasteiger partial charge on any atom is 0.262 e. The molecule has 0 aliphatic carbocycles. The molecule has 132 valence electrons. The monoisotopic (exact) mass is 340 g/mol. The van der Waals surface area contributed by atoms with E-state index in [9.17, 15) is 4.79 Å². The number of hydrogen-bond acceptors (Lipinski definition) is 4. The molecule has 0 unspecified atom stereocenters. The fourth-order valence-corrected chi connectivity index (χ4v) is 2.97. The van der Waals surface area contributed by atoms with Crippen molar-refractivity contribution < 1.29 is 14.3 Å². The molecule has 2 aromatic rings. The van der Waals surface area contributed by atoms with Crippen LogP contribution in [0.1, 0.15) is 37.0 Å². The van der Waals surface area contributed by atoms with E-state index >= 15 is 0 Å². The number of anilines is 1. The van der Waals surface area contributed by atoms with Crippen molar-refractivity contribution in [2.45, 2.75) is 38.9 Å². The number of pyridine rings is 1. The second kappa shape index (κ2) is 8.12. The van der Waals surface area contributed by atoms with E-state index in [-0.39, 0.29) is 18.1 Å². The Bertz CT molecular complexity index is 697. The van der Waals surface area contributed by atoms with Gasteiger partial charge in [0.2, 0.25) is 0 Å². The highest BCUT2D eigenvalue weighted by Crippen LogP contribution is 2.26. The Morgan fingerprint density at radius 3 is 2.72 bits per heavy atom. The standard InChI is InChI=1S/C20H24N2O3/c1-15(2)25-19-8-4-3-7-18(19)20(23)22(14-17-6-5-13-24-17)16-9-11-21-12-10-16/h3-4,7-12,15,17H,5-6,13-14H2,1-2H3/t17-/m1/s1. The first kappa shape index (κ1) is 17.4. The van der Waals surface area contributed by atoms with E-state index in [2.05, 4.69) is 4.98 Å². The first-order valence-electron chi connectivity index (χ1n) is 8.74. The molecule has 5 nitrogen and oxygen atoms in total. The summed E-state index contributed by atoms with van der Waals surface area (Å²) < 4.78 is 11.6. The lowest BCUT2D eigenvalue weighted by Gasteiger charge is -2.26. The molecule has 1 saturated heterocycles. The van der Waals surface area contributed by atoms with E-state index in [1.54, 1.807) is 17.3 Å². The quantitative estimate of drug-likeness (QED) is 0.805. The molecule has 0 saturated carbocycles. The molecule has 1 aromatic heterocycles. The van der Waals surface area contributed by atoms with Gasteiger partial charge in [0.1, 0.15) is 5.75 Å². The fraction of sp³-hybridized carbons (Fsp3) is 0.400. The van der Waals surface area contributed by atoms with Gasteiger partial charge in [-0.1, -0.05) is 12.1 Å². The molecule has 0 spiro atoms. The summed E-state index contributed by atoms with van der Waals surface area (Å²) in [7, 11) is 0. The van der Waals surface area contributed by atoms with Crippen molar-refractivity contribution in [2.24, 2.45) is 0 Å². The van der Waals surface area contributed by atoms with E-state index < -0.39 is 0 Å². The van der Waals surface area contributed by atoms with E-state index in [1.807, 2.05) is 50.2 Å². The third kappa shape index (κ3) is 4.37. The summed E-state index contributed by atoms with van der Waals surface area (Å²) >= 11 is 0. The van der Waals surface area contributed by atoms with Crippen molar-refractivity contribution in [2.75, 3.05) is 18.1 Å². The highest BCUT2D eigenvalue weighted by atomic mass is 16.5. The molecule has 1 fully saturated rings. The van der Waals surface area contributed by atoms with Crippen LogP contribution in [0.25, 0.3) is 0 Å². The lowest BCUT2D eigenvalue weighted by Crippen LogP contribution is -2.37. The highest BCUT2D eigenvalue weighted by molar-refractivity contribution is 6.07. The largest absolute Gasteiger partial charge is 0.490 e. The number of ether oxygens (including phenoxy) is 2. The predicted octanol–water partition coefficient (Wildman–Crippen LogP) is 3.69. The van der Waals surface area contributed by atoms with Crippen molar-refractivity contribution >= 4 is 11.6 Å². The Kier molecular flexibility index (Phi) is 5.66. The second-order valence-corrected chi connectivity index (χ2v) is 6.42. The molecular formula is C20H24N2O3. The Morgan fingerprint density at radius 1 is 1.28 bits per heavy atom. The van der Waals surface area contributed by atoms with Crippen LogP contribution in [0.4, 0.5) is 5.69 Å². The van der Waals surface area contributed by atoms with Gasteiger partial charge in [-0.15, -0.1) is 0 Å². The molecule has 2 heterocycles. The average molecular weight is 340 g/mol. The number of rotatable bonds is 6. The number of carbonyl (C=O) groups excluding carboxylic acids is 1. The summed E-state index contributed by atoms with van der Waals surface area (Å²) in [6, 6.07) is 11.1. The van der Waals surface area contributed by atoms with Crippen molar-refractivity contribution in [3.05, 3.63) is 54.4 Å². The summed E-state index contributed by atoms with van der Waals surface area (Å²) in [5.41, 5.74) is 1.38. The molecule has 1 atom stereocenters. The van der Waals surface area contributed by atoms with E-state index in [0.717, 1.165) is 25.1 Å². The van der Waals surface area contributed by atoms with Gasteiger partial charge >= 0.3 is 0 Å². The lowest BCUT2D eigenvalue weighted by molar-refractivity contribution is 0.0912. The van der Waals surface area contributed by atoms with E-state index in [1.165, 1.54) is 0 Å². The number of aromatic nitrogens is 1. The van der Waals surface area contributed by atoms with Gasteiger partial charge in [-0.3, -0.25) is 9.78 Å². The topological polar surface area (TPSA) is 51.7 Å². The maximum absolute atomic E-state index is 13.3. The molecule has 1 aliphatic heterocycles. The second-order valence-electron chi connectivity index (χ2n) is 6.42. The molecule has 0 bridgehead atoms. The molecule has 1 amide bonds. The Balaban J connectivity index is 1.91. The van der Waals surface area contributed by atoms with Crippen LogP contribution in [-0.4, -0.2) is 36.3 Å². The zero-order valence-electron chi connectivity index (χ0n) is 14.7. The van der Waals surface area contributed by atoms with Gasteiger partial charge in [-0.25, -0.2) is 0 Å². The number of hydrogen-bond donors (Lipinski definition) is 0. The van der Waals surface area contributed by atoms with Crippen LogP contribution in [0.5, 0.6) is 5.75 Å². The minimum Gasteiger partial charge on any atom is -0.490 e. The summed E-state index contributed by atoms with van der Waals surface area (Å²) in [6.45, 7) is 5.19. The van der Waals surface area contributed by atoms with Crippen LogP contribution in [0.2, 0.25) is 0 Å². The summed E-state index contributed by atoms with van der Waals surface area (Å²) in [4.78, 5) is 19.1. The Labute approximate surface area is 148 Å². The van der Waals surface area contributed by atoms with Crippen molar-refractivity contribution in [3.8, 4) is 5.75 Å². The SMILES string of the molecule is CC(C)Oc1ccccc1C(=O)N(C[C@H]1CCCO1)c1ccncc1. The number of benzene rings is 1. The minimum absolute atomic E-state index is 0.00138. The van der Waals surface area contributed by atoms with Gasteiger partial charge in [0.15, 0.2) is 0 Å². The summed E-state index contributed by atoms with van der Waals surface area (Å²) in [5.74, 6) is 0.520. The van der Waals surface area contributed by atoms with Gasteiger partial charge in [-0.05, 0) is 51.0 Å². The molecule has 0 radical (unpaired) electrons. The zero-order valence-corrected chi connectivity index (χ0v) is 14.7. The van der Waals surface area contributed by atoms with Gasteiger partial charge in [0.05, 0.1) is 24.3 Å². The van der Waals surface area contributed by atoms with Crippen LogP contribution < -0.4 is 9.64 Å². The van der Waals surface area contributed by atoms with E-state index in [4.69, 9.17) is 9.47 Å². The van der Waals surface area contributed by atoms with Crippen LogP contribution in [-0.2, 0) is 4.74 Å². The van der Waals surface area contributed by atoms with Gasteiger partial charge < -0.3 is 14.4 Å². The van der Waals surface area contributed by atoms with Crippen LogP contribution in [0.3, 0.4) is 0 Å². The average Bonchev–Trinajstić information content (AvgIpc) is 3.13. The number of para-hydroxylation sites is 1. The molecule has 5 heteroatoms. The molecular weight excluding hydrogens is 316 g/mol. The normalized spacial score (nSPS) is 16.8. The van der Waals surface area contributed by atoms with Gasteiger partial charge in [0.25, 0.3) is 5.91 Å². The molecule has 1 aromatic carbocycles. The minimum atomic E-state index is -0.0852. The smallest absolute Gasteiger partial charge is 0.262 e. The number of amides is 1. The highest BCUT2D eigenvalue weighted by Gasteiger charge is 2.26. The van der Waals surface area contributed by atoms with Crippen LogP contribution >= 0.6 is 0 Å². The van der Waals surface area contributed by atoms with E-state index in [0.29, 0.717) is 17.9 Å². The molecule has 0 N–H and O–H groups in total. The first-order valence-corrected chi connectivity index (χ1v) is 8.74. The third-order valence-electron chi connectivity index (χ3n) is 4.11. The zero-order chi connectivity index (χ0) is 17.6. The molecule has 25 heavy (non-hydrogen) atoms. The van der Waals surface area contributed by atoms with Gasteiger partial charge in [0, 0.05) is 24.7 Å².